The monoisotopic (exact) mass is 274 g/mol. The Bertz CT molecular complexity index is 348. The van der Waals surface area contributed by atoms with Gasteiger partial charge in [-0.2, -0.15) is 0 Å². The Morgan fingerprint density at radius 3 is 2.67 bits per heavy atom. The molecular formula is C11H18N2O4S. The molecule has 0 saturated carbocycles. The van der Waals surface area contributed by atoms with Gasteiger partial charge in [0.05, 0.1) is 11.6 Å². The number of nitrogens with one attached hydrogen (secondary N) is 1. The summed E-state index contributed by atoms with van der Waals surface area (Å²) in [5.74, 6) is -0.798. The fourth-order valence-corrected chi connectivity index (χ4v) is 2.52. The molecule has 0 aliphatic carbocycles. The molecule has 102 valence electrons. The molecule has 0 bridgehead atoms. The minimum absolute atomic E-state index is 0.0634. The van der Waals surface area contributed by atoms with Gasteiger partial charge in [-0.3, -0.25) is 9.59 Å². The fraction of sp³-hybridized carbons (Fsp3) is 0.727. The van der Waals surface area contributed by atoms with Crippen molar-refractivity contribution in [3.63, 3.8) is 0 Å². The number of carbonyl (C=O) groups excluding carboxylic acids is 2. The summed E-state index contributed by atoms with van der Waals surface area (Å²) < 4.78 is 0. The Morgan fingerprint density at radius 1 is 1.56 bits per heavy atom. The second-order valence-electron chi connectivity index (χ2n) is 4.34. The van der Waals surface area contributed by atoms with E-state index >= 15 is 0 Å². The average molecular weight is 274 g/mol. The first kappa shape index (κ1) is 14.8. The summed E-state index contributed by atoms with van der Waals surface area (Å²) in [5, 5.41) is 11.5. The number of thioether (sulfide) groups is 1. The molecule has 1 fully saturated rings. The van der Waals surface area contributed by atoms with Gasteiger partial charge in [0.2, 0.25) is 11.8 Å². The smallest absolute Gasteiger partial charge is 0.326 e. The lowest BCUT2D eigenvalue weighted by Gasteiger charge is -2.21. The molecule has 0 aromatic carbocycles. The number of amides is 2. The van der Waals surface area contributed by atoms with Crippen LogP contribution < -0.4 is 5.32 Å². The first-order valence-electron chi connectivity index (χ1n) is 5.83. The first-order valence-corrected chi connectivity index (χ1v) is 6.98. The highest BCUT2D eigenvalue weighted by molar-refractivity contribution is 8.00. The summed E-state index contributed by atoms with van der Waals surface area (Å²) in [4.78, 5) is 35.5. The van der Waals surface area contributed by atoms with Gasteiger partial charge in [-0.05, 0) is 5.92 Å². The van der Waals surface area contributed by atoms with E-state index in [0.717, 1.165) is 0 Å². The van der Waals surface area contributed by atoms with Crippen LogP contribution in [0.5, 0.6) is 0 Å². The molecule has 7 heteroatoms. The molecule has 0 radical (unpaired) electrons. The number of carbonyl (C=O) groups is 3. The van der Waals surface area contributed by atoms with Crippen LogP contribution in [0.3, 0.4) is 0 Å². The highest BCUT2D eigenvalue weighted by Gasteiger charge is 2.28. The maximum atomic E-state index is 11.7. The molecule has 1 unspecified atom stereocenters. The van der Waals surface area contributed by atoms with E-state index in [1.807, 2.05) is 6.92 Å². The number of hydrogen-bond acceptors (Lipinski definition) is 4. The molecular weight excluding hydrogens is 256 g/mol. The quantitative estimate of drug-likeness (QED) is 0.719. The Balaban J connectivity index is 2.51. The molecule has 6 nitrogen and oxygen atoms in total. The van der Waals surface area contributed by atoms with E-state index in [1.54, 1.807) is 6.92 Å². The van der Waals surface area contributed by atoms with Crippen LogP contribution in [0.2, 0.25) is 0 Å². The largest absolute Gasteiger partial charge is 0.480 e. The maximum absolute atomic E-state index is 11.7. The molecule has 2 N–H and O–H groups in total. The SMILES string of the molecule is CCC(C)[C@H](NC(=O)CN1CSCC1=O)C(=O)O. The topological polar surface area (TPSA) is 86.7 Å². The van der Waals surface area contributed by atoms with Gasteiger partial charge in [0.15, 0.2) is 0 Å². The van der Waals surface area contributed by atoms with E-state index in [0.29, 0.717) is 18.1 Å². The molecule has 18 heavy (non-hydrogen) atoms. The number of aliphatic carboxylic acids is 1. The first-order chi connectivity index (χ1) is 8.45. The summed E-state index contributed by atoms with van der Waals surface area (Å²) in [7, 11) is 0. The van der Waals surface area contributed by atoms with Crippen LogP contribution in [-0.4, -0.2) is 52.0 Å². The number of rotatable bonds is 6. The average Bonchev–Trinajstić information content (AvgIpc) is 2.70. The van der Waals surface area contributed by atoms with Gasteiger partial charge in [0, 0.05) is 0 Å². The van der Waals surface area contributed by atoms with Crippen LogP contribution in [0.25, 0.3) is 0 Å². The summed E-state index contributed by atoms with van der Waals surface area (Å²) in [6.45, 7) is 3.58. The van der Waals surface area contributed by atoms with Crippen molar-refractivity contribution in [1.82, 2.24) is 10.2 Å². The number of carboxylic acid groups (broad SMARTS) is 1. The van der Waals surface area contributed by atoms with Crippen molar-refractivity contribution in [3.8, 4) is 0 Å². The Hall–Kier alpha value is -1.24. The molecule has 1 aliphatic rings. The zero-order chi connectivity index (χ0) is 13.7. The number of nitrogens with zero attached hydrogens (tertiary/aromatic N) is 1. The molecule has 0 aromatic heterocycles. The van der Waals surface area contributed by atoms with Crippen LogP contribution in [0.1, 0.15) is 20.3 Å². The Kier molecular flexibility index (Phi) is 5.46. The highest BCUT2D eigenvalue weighted by atomic mass is 32.2. The van der Waals surface area contributed by atoms with E-state index in [2.05, 4.69) is 5.32 Å². The number of carboxylic acids is 1. The Labute approximate surface area is 110 Å². The zero-order valence-corrected chi connectivity index (χ0v) is 11.3. The van der Waals surface area contributed by atoms with Crippen molar-refractivity contribution in [2.24, 2.45) is 5.92 Å². The highest BCUT2D eigenvalue weighted by Crippen LogP contribution is 2.14. The van der Waals surface area contributed by atoms with E-state index in [9.17, 15) is 14.4 Å². The number of hydrogen-bond donors (Lipinski definition) is 2. The minimum atomic E-state index is -1.04. The van der Waals surface area contributed by atoms with E-state index in [-0.39, 0.29) is 18.4 Å². The lowest BCUT2D eigenvalue weighted by Crippen LogP contribution is -2.48. The van der Waals surface area contributed by atoms with Crippen molar-refractivity contribution in [2.75, 3.05) is 18.2 Å². The molecule has 0 spiro atoms. The molecule has 2 amide bonds. The molecule has 1 rings (SSSR count). The van der Waals surface area contributed by atoms with Crippen molar-refractivity contribution in [1.29, 1.82) is 0 Å². The summed E-state index contributed by atoms with van der Waals surface area (Å²) in [6.07, 6.45) is 0.662. The van der Waals surface area contributed by atoms with Gasteiger partial charge >= 0.3 is 5.97 Å². The van der Waals surface area contributed by atoms with Crippen LogP contribution in [-0.2, 0) is 14.4 Å². The van der Waals surface area contributed by atoms with Crippen molar-refractivity contribution in [3.05, 3.63) is 0 Å². The summed E-state index contributed by atoms with van der Waals surface area (Å²) in [6, 6.07) is -0.896. The van der Waals surface area contributed by atoms with Crippen molar-refractivity contribution >= 4 is 29.5 Å². The van der Waals surface area contributed by atoms with Gasteiger partial charge in [-0.1, -0.05) is 20.3 Å². The van der Waals surface area contributed by atoms with Crippen LogP contribution in [0, 0.1) is 5.92 Å². The third-order valence-electron chi connectivity index (χ3n) is 2.96. The zero-order valence-electron chi connectivity index (χ0n) is 10.5. The van der Waals surface area contributed by atoms with E-state index in [1.165, 1.54) is 16.7 Å². The standard InChI is InChI=1S/C11H18N2O4S/c1-3-7(2)10(11(16)17)12-8(14)4-13-6-18-5-9(13)15/h7,10H,3-6H2,1-2H3,(H,12,14)(H,16,17)/t7?,10-/m0/s1. The predicted octanol–water partition coefficient (Wildman–Crippen LogP) is 0.135. The maximum Gasteiger partial charge on any atom is 0.326 e. The van der Waals surface area contributed by atoms with E-state index < -0.39 is 17.9 Å². The van der Waals surface area contributed by atoms with Gasteiger partial charge in [0.1, 0.15) is 12.6 Å². The second-order valence-corrected chi connectivity index (χ2v) is 5.29. The summed E-state index contributed by atoms with van der Waals surface area (Å²) >= 11 is 1.45. The molecule has 2 atom stereocenters. The molecule has 1 saturated heterocycles. The minimum Gasteiger partial charge on any atom is -0.480 e. The Morgan fingerprint density at radius 2 is 2.22 bits per heavy atom. The van der Waals surface area contributed by atoms with Gasteiger partial charge < -0.3 is 15.3 Å². The van der Waals surface area contributed by atoms with Crippen LogP contribution >= 0.6 is 11.8 Å². The van der Waals surface area contributed by atoms with Crippen LogP contribution in [0.4, 0.5) is 0 Å². The normalized spacial score (nSPS) is 18.6. The molecule has 1 heterocycles. The second kappa shape index (κ2) is 6.63. The van der Waals surface area contributed by atoms with Crippen molar-refractivity contribution < 1.29 is 19.5 Å². The third kappa shape index (κ3) is 3.90. The third-order valence-corrected chi connectivity index (χ3v) is 3.90. The van der Waals surface area contributed by atoms with E-state index in [4.69, 9.17) is 5.11 Å². The lowest BCUT2D eigenvalue weighted by atomic mass is 9.99. The van der Waals surface area contributed by atoms with Gasteiger partial charge in [0.25, 0.3) is 0 Å². The predicted molar refractivity (Wildman–Crippen MR) is 68.1 cm³/mol. The summed E-state index contributed by atoms with van der Waals surface area (Å²) in [5.41, 5.74) is 0. The lowest BCUT2D eigenvalue weighted by molar-refractivity contribution is -0.143. The fourth-order valence-electron chi connectivity index (χ4n) is 1.62. The molecule has 0 aromatic rings. The van der Waals surface area contributed by atoms with Crippen molar-refractivity contribution in [2.45, 2.75) is 26.3 Å². The van der Waals surface area contributed by atoms with Gasteiger partial charge in [-0.25, -0.2) is 4.79 Å². The molecule has 1 aliphatic heterocycles. The van der Waals surface area contributed by atoms with Gasteiger partial charge in [-0.15, -0.1) is 11.8 Å². The van der Waals surface area contributed by atoms with Crippen LogP contribution in [0.15, 0.2) is 0 Å².